The van der Waals surface area contributed by atoms with Gasteiger partial charge in [-0.15, -0.1) is 0 Å². The Bertz CT molecular complexity index is 1220. The van der Waals surface area contributed by atoms with E-state index >= 15 is 0 Å². The second-order valence-electron chi connectivity index (χ2n) is 7.45. The third-order valence-corrected chi connectivity index (χ3v) is 6.78. The Morgan fingerprint density at radius 3 is 2.23 bits per heavy atom. The molecule has 0 bridgehead atoms. The van der Waals surface area contributed by atoms with E-state index in [0.29, 0.717) is 28.3 Å². The predicted octanol–water partition coefficient (Wildman–Crippen LogP) is 4.70. The first-order valence-electron chi connectivity index (χ1n) is 9.75. The first-order valence-corrected chi connectivity index (χ1v) is 11.2. The fourth-order valence-corrected chi connectivity index (χ4v) is 4.66. The number of ether oxygens (including phenoxy) is 1. The minimum Gasteiger partial charge on any atom is -0.495 e. The van der Waals surface area contributed by atoms with Crippen LogP contribution >= 0.6 is 0 Å². The minimum absolute atomic E-state index is 0.0251. The molecule has 31 heavy (non-hydrogen) atoms. The number of hydrogen-bond acceptors (Lipinski definition) is 4. The number of methoxy groups -OCH3 is 1. The lowest BCUT2D eigenvalue weighted by atomic mass is 10.1. The number of para-hydroxylation sites is 2. The van der Waals surface area contributed by atoms with E-state index in [4.69, 9.17) is 4.74 Å². The maximum atomic E-state index is 13.3. The van der Waals surface area contributed by atoms with Crippen molar-refractivity contribution in [3.8, 4) is 5.75 Å². The zero-order valence-corrected chi connectivity index (χ0v) is 19.1. The van der Waals surface area contributed by atoms with Gasteiger partial charge in [0.15, 0.2) is 0 Å². The van der Waals surface area contributed by atoms with Crippen LogP contribution in [0.1, 0.15) is 27.0 Å². The minimum atomic E-state index is -3.91. The molecule has 6 nitrogen and oxygen atoms in total. The zero-order chi connectivity index (χ0) is 22.8. The third-order valence-electron chi connectivity index (χ3n) is 5.02. The smallest absolute Gasteiger partial charge is 0.264 e. The number of benzene rings is 3. The van der Waals surface area contributed by atoms with Gasteiger partial charge in [-0.1, -0.05) is 24.3 Å². The van der Waals surface area contributed by atoms with E-state index in [2.05, 4.69) is 5.32 Å². The molecule has 0 fully saturated rings. The van der Waals surface area contributed by atoms with Gasteiger partial charge in [0, 0.05) is 18.3 Å². The molecule has 7 heteroatoms. The summed E-state index contributed by atoms with van der Waals surface area (Å²) in [6.07, 6.45) is 0. The number of carbonyl (C=O) groups is 1. The molecule has 0 saturated carbocycles. The Balaban J connectivity index is 1.96. The number of rotatable bonds is 6. The average Bonchev–Trinajstić information content (AvgIpc) is 2.72. The SMILES string of the molecule is COc1ccccc1N(C)S(=O)(=O)c1ccc(C)c(C(=O)Nc2cc(C)cc(C)c2)c1. The molecule has 3 aromatic rings. The van der Waals surface area contributed by atoms with E-state index in [9.17, 15) is 13.2 Å². The second-order valence-corrected chi connectivity index (χ2v) is 9.42. The Hall–Kier alpha value is -3.32. The molecule has 3 aromatic carbocycles. The van der Waals surface area contributed by atoms with Crippen molar-refractivity contribution in [2.45, 2.75) is 25.7 Å². The van der Waals surface area contributed by atoms with Gasteiger partial charge in [-0.25, -0.2) is 8.42 Å². The normalized spacial score (nSPS) is 11.1. The zero-order valence-electron chi connectivity index (χ0n) is 18.3. The van der Waals surface area contributed by atoms with Crippen LogP contribution in [0.25, 0.3) is 0 Å². The quantitative estimate of drug-likeness (QED) is 0.605. The van der Waals surface area contributed by atoms with Crippen LogP contribution in [0, 0.1) is 20.8 Å². The van der Waals surface area contributed by atoms with Crippen LogP contribution in [0.2, 0.25) is 0 Å². The van der Waals surface area contributed by atoms with Crippen LogP contribution in [0.4, 0.5) is 11.4 Å². The highest BCUT2D eigenvalue weighted by atomic mass is 32.2. The number of hydrogen-bond donors (Lipinski definition) is 1. The summed E-state index contributed by atoms with van der Waals surface area (Å²) in [6.45, 7) is 5.68. The van der Waals surface area contributed by atoms with Gasteiger partial charge in [0.2, 0.25) is 0 Å². The molecule has 0 spiro atoms. The summed E-state index contributed by atoms with van der Waals surface area (Å²) in [6, 6.07) is 17.2. The van der Waals surface area contributed by atoms with E-state index in [1.54, 1.807) is 37.3 Å². The first kappa shape index (κ1) is 22.4. The predicted molar refractivity (Wildman–Crippen MR) is 124 cm³/mol. The van der Waals surface area contributed by atoms with Gasteiger partial charge in [0.05, 0.1) is 17.7 Å². The monoisotopic (exact) mass is 438 g/mol. The number of carbonyl (C=O) groups excluding carboxylic acids is 1. The topological polar surface area (TPSA) is 75.7 Å². The van der Waals surface area contributed by atoms with Crippen molar-refractivity contribution >= 4 is 27.3 Å². The van der Waals surface area contributed by atoms with Gasteiger partial charge < -0.3 is 10.1 Å². The Labute approximate surface area is 183 Å². The molecule has 0 radical (unpaired) electrons. The standard InChI is InChI=1S/C24H26N2O4S/c1-16-12-17(2)14-19(13-16)25-24(27)21-15-20(11-10-18(21)3)31(28,29)26(4)22-8-6-7-9-23(22)30-5/h6-15H,1-5H3,(H,25,27). The van der Waals surface area contributed by atoms with Crippen molar-refractivity contribution in [3.63, 3.8) is 0 Å². The molecule has 0 saturated heterocycles. The van der Waals surface area contributed by atoms with Crippen LogP contribution in [0.15, 0.2) is 65.6 Å². The fourth-order valence-electron chi connectivity index (χ4n) is 3.43. The maximum Gasteiger partial charge on any atom is 0.264 e. The van der Waals surface area contributed by atoms with Crippen molar-refractivity contribution in [2.75, 3.05) is 23.8 Å². The highest BCUT2D eigenvalue weighted by Gasteiger charge is 2.25. The molecular weight excluding hydrogens is 412 g/mol. The average molecular weight is 439 g/mol. The lowest BCUT2D eigenvalue weighted by Crippen LogP contribution is -2.27. The van der Waals surface area contributed by atoms with Crippen LogP contribution in [0.5, 0.6) is 5.75 Å². The molecule has 1 amide bonds. The Morgan fingerprint density at radius 1 is 0.935 bits per heavy atom. The van der Waals surface area contributed by atoms with E-state index in [1.165, 1.54) is 26.3 Å². The van der Waals surface area contributed by atoms with Crippen molar-refractivity contribution in [1.29, 1.82) is 0 Å². The van der Waals surface area contributed by atoms with Crippen molar-refractivity contribution in [3.05, 3.63) is 82.9 Å². The molecule has 0 atom stereocenters. The molecular formula is C24H26N2O4S. The van der Waals surface area contributed by atoms with Crippen LogP contribution in [0.3, 0.4) is 0 Å². The number of aryl methyl sites for hydroxylation is 3. The molecule has 0 heterocycles. The van der Waals surface area contributed by atoms with E-state index < -0.39 is 10.0 Å². The van der Waals surface area contributed by atoms with Crippen molar-refractivity contribution in [1.82, 2.24) is 0 Å². The van der Waals surface area contributed by atoms with E-state index in [1.807, 2.05) is 32.0 Å². The summed E-state index contributed by atoms with van der Waals surface area (Å²) in [5.41, 5.74) is 4.12. The number of nitrogens with one attached hydrogen (secondary N) is 1. The highest BCUT2D eigenvalue weighted by molar-refractivity contribution is 7.92. The van der Waals surface area contributed by atoms with Gasteiger partial charge >= 0.3 is 0 Å². The Morgan fingerprint density at radius 2 is 1.58 bits per heavy atom. The van der Waals surface area contributed by atoms with E-state index in [0.717, 1.165) is 15.4 Å². The van der Waals surface area contributed by atoms with E-state index in [-0.39, 0.29) is 10.8 Å². The molecule has 0 aliphatic carbocycles. The molecule has 0 aliphatic heterocycles. The Kier molecular flexibility index (Phi) is 6.36. The van der Waals surface area contributed by atoms with Crippen molar-refractivity contribution in [2.24, 2.45) is 0 Å². The maximum absolute atomic E-state index is 13.3. The van der Waals surface area contributed by atoms with Gasteiger partial charge in [0.25, 0.3) is 15.9 Å². The summed E-state index contributed by atoms with van der Waals surface area (Å²) in [4.78, 5) is 13.0. The van der Waals surface area contributed by atoms with Gasteiger partial charge in [-0.2, -0.15) is 0 Å². The summed E-state index contributed by atoms with van der Waals surface area (Å²) in [5, 5.41) is 2.87. The lowest BCUT2D eigenvalue weighted by molar-refractivity contribution is 0.102. The second kappa shape index (κ2) is 8.81. The van der Waals surface area contributed by atoms with Crippen LogP contribution < -0.4 is 14.4 Å². The third kappa shape index (κ3) is 4.72. The van der Waals surface area contributed by atoms with Gasteiger partial charge in [0.1, 0.15) is 5.75 Å². The molecule has 162 valence electrons. The van der Waals surface area contributed by atoms with Crippen LogP contribution in [-0.2, 0) is 10.0 Å². The lowest BCUT2D eigenvalue weighted by Gasteiger charge is -2.22. The molecule has 1 N–H and O–H groups in total. The van der Waals surface area contributed by atoms with Gasteiger partial charge in [-0.3, -0.25) is 9.10 Å². The highest BCUT2D eigenvalue weighted by Crippen LogP contribution is 2.31. The summed E-state index contributed by atoms with van der Waals surface area (Å²) < 4.78 is 33.0. The molecule has 3 rings (SSSR count). The number of sulfonamides is 1. The summed E-state index contributed by atoms with van der Waals surface area (Å²) >= 11 is 0. The summed E-state index contributed by atoms with van der Waals surface area (Å²) in [7, 11) is -0.963. The molecule has 0 aliphatic rings. The van der Waals surface area contributed by atoms with Gasteiger partial charge in [-0.05, 0) is 73.9 Å². The number of amides is 1. The van der Waals surface area contributed by atoms with Crippen molar-refractivity contribution < 1.29 is 17.9 Å². The number of anilines is 2. The molecule has 0 aromatic heterocycles. The molecule has 0 unspecified atom stereocenters. The number of nitrogens with zero attached hydrogens (tertiary/aromatic N) is 1. The largest absolute Gasteiger partial charge is 0.495 e. The first-order chi connectivity index (χ1) is 14.6. The summed E-state index contributed by atoms with van der Waals surface area (Å²) in [5.74, 6) is 0.0768. The van der Waals surface area contributed by atoms with Crippen LogP contribution in [-0.4, -0.2) is 28.5 Å². The fraction of sp³-hybridized carbons (Fsp3) is 0.208.